The number of nitrogens with zero attached hydrogens (tertiary/aromatic N) is 6. The molecule has 6 aromatic rings. The number of piperazine rings is 1. The van der Waals surface area contributed by atoms with Crippen molar-refractivity contribution in [2.75, 3.05) is 116 Å². The number of hydrogen-bond acceptors (Lipinski definition) is 17. The van der Waals surface area contributed by atoms with Crippen molar-refractivity contribution in [3.8, 4) is 10.4 Å². The summed E-state index contributed by atoms with van der Waals surface area (Å²) in [6.45, 7) is 18.9. The summed E-state index contributed by atoms with van der Waals surface area (Å²) in [6.07, 6.45) is 0.992. The summed E-state index contributed by atoms with van der Waals surface area (Å²) in [5, 5.41) is 17.2. The molecule has 5 heterocycles. The lowest BCUT2D eigenvalue weighted by Gasteiger charge is -2.38. The van der Waals surface area contributed by atoms with Gasteiger partial charge in [-0.05, 0) is 158 Å². The number of amides is 5. The third-order valence-corrected chi connectivity index (χ3v) is 22.3. The average Bonchev–Trinajstić information content (AvgIpc) is 1.78. The van der Waals surface area contributed by atoms with Crippen LogP contribution in [0.1, 0.15) is 91.3 Å². The third kappa shape index (κ3) is 19.8. The summed E-state index contributed by atoms with van der Waals surface area (Å²) in [5.41, 5.74) is 10.2. The van der Waals surface area contributed by atoms with Crippen LogP contribution in [0.2, 0.25) is 5.02 Å². The molecule has 0 bridgehead atoms. The number of likely N-dealkylation sites (tertiary alicyclic amines) is 1. The predicted molar refractivity (Wildman–Crippen MR) is 380 cm³/mol. The van der Waals surface area contributed by atoms with Gasteiger partial charge in [-0.15, -0.1) is 23.1 Å². The number of aliphatic hydroxyl groups is 1. The number of halogens is 1. The van der Waals surface area contributed by atoms with E-state index in [4.69, 9.17) is 25.8 Å². The van der Waals surface area contributed by atoms with Gasteiger partial charge in [0.05, 0.1) is 52.9 Å². The Hall–Kier alpha value is -7.19. The number of aromatic nitrogens is 1. The van der Waals surface area contributed by atoms with Crippen LogP contribution in [0, 0.1) is 25.2 Å². The standard InChI is InChI=1S/C73H90ClN9O11S3/c1-49-40-63(25-20-57(49)41-52(26-28-79-34-36-92-37-35-79)47-95-62-10-8-7-9-11-62)97(90,91)78-69(86)56-18-23-60(24-19-56)81-32-30-80(31-33-81)43-58-44-82(29-27-64(58)54-16-21-59(74)22-17-54)72(89)94-39-38-93-46-66(85)77-68(73(4,5)6)71(88)83-45-61(84)42-65(83)70(87)76-50(2)53-12-14-55(15-13-53)67-51(3)75-48-96-67/h7-25,40,48,50,52,61,65,68,84H,26-39,41-47H2,1-6H3,(H,76,87)(H,77,85)(H,78,86)/t50-,52-,61+,65-,68+/m0/s1. The van der Waals surface area contributed by atoms with Crippen molar-refractivity contribution in [2.45, 2.75) is 101 Å². The minimum atomic E-state index is -4.18. The largest absolute Gasteiger partial charge is 0.447 e. The van der Waals surface area contributed by atoms with Crippen LogP contribution in [0.25, 0.3) is 16.0 Å². The molecule has 3 saturated heterocycles. The van der Waals surface area contributed by atoms with Gasteiger partial charge in [-0.1, -0.05) is 93.0 Å². The fraction of sp³-hybridized carbons (Fsp3) is 0.452. The summed E-state index contributed by atoms with van der Waals surface area (Å²) in [5.74, 6) is -0.894. The van der Waals surface area contributed by atoms with Crippen molar-refractivity contribution in [3.05, 3.63) is 171 Å². The van der Waals surface area contributed by atoms with E-state index in [-0.39, 0.29) is 36.6 Å². The number of thiazole rings is 1. The first-order valence-electron chi connectivity index (χ1n) is 33.3. The number of morpholine rings is 1. The highest BCUT2D eigenvalue weighted by Crippen LogP contribution is 2.34. The van der Waals surface area contributed by atoms with E-state index >= 15 is 0 Å². The van der Waals surface area contributed by atoms with Crippen LogP contribution < -0.4 is 20.3 Å². The molecule has 518 valence electrons. The number of anilines is 1. The highest BCUT2D eigenvalue weighted by atomic mass is 35.5. The molecular weight excluding hydrogens is 1310 g/mol. The Labute approximate surface area is 583 Å². The van der Waals surface area contributed by atoms with Gasteiger partial charge in [0.2, 0.25) is 17.7 Å². The SMILES string of the molecule is Cc1cc(S(=O)(=O)NC(=O)c2ccc(N3CCN(CC4=C(c5ccc(Cl)cc5)CCN(C(=O)OCCOCC(=O)N[C@H](C(=O)N5C[C@H](O)C[C@H]5C(=O)N[C@@H](C)c5ccc(-c6scnc6C)cc5)C(C)(C)C)C4)CC3)cc2)ccc1C[C@H](CCN1CCOCC1)CSc1ccccc1. The van der Waals surface area contributed by atoms with E-state index in [9.17, 15) is 37.5 Å². The second-order valence-electron chi connectivity index (χ2n) is 26.6. The van der Waals surface area contributed by atoms with Crippen molar-refractivity contribution in [3.63, 3.8) is 0 Å². The van der Waals surface area contributed by atoms with Gasteiger partial charge in [0.1, 0.15) is 25.3 Å². The van der Waals surface area contributed by atoms with Crippen LogP contribution in [0.5, 0.6) is 0 Å². The van der Waals surface area contributed by atoms with Crippen molar-refractivity contribution < 1.29 is 51.7 Å². The summed E-state index contributed by atoms with van der Waals surface area (Å²) in [7, 11) is -4.18. The van der Waals surface area contributed by atoms with Crippen LogP contribution in [0.4, 0.5) is 10.5 Å². The number of β-amino-alcohol motifs (C(OH)–C–C–N with tert-alkyl or cyclic N) is 1. The Morgan fingerprint density at radius 2 is 1.55 bits per heavy atom. The molecule has 0 spiro atoms. The second kappa shape index (κ2) is 33.6. The highest BCUT2D eigenvalue weighted by molar-refractivity contribution is 7.99. The fourth-order valence-corrected chi connectivity index (χ4v) is 15.9. The first-order valence-corrected chi connectivity index (χ1v) is 37.0. The maximum Gasteiger partial charge on any atom is 0.410 e. The van der Waals surface area contributed by atoms with Gasteiger partial charge in [-0.25, -0.2) is 22.9 Å². The van der Waals surface area contributed by atoms with Crippen LogP contribution in [0.15, 0.2) is 142 Å². The number of nitrogens with one attached hydrogen (secondary N) is 3. The van der Waals surface area contributed by atoms with Gasteiger partial charge in [-0.2, -0.15) is 0 Å². The van der Waals surface area contributed by atoms with Crippen LogP contribution >= 0.6 is 34.7 Å². The number of aryl methyl sites for hydroxylation is 2. The van der Waals surface area contributed by atoms with Gasteiger partial charge in [0.25, 0.3) is 15.9 Å². The molecule has 0 unspecified atom stereocenters. The first kappa shape index (κ1) is 72.6. The first-order chi connectivity index (χ1) is 46.5. The number of carbonyl (C=O) groups is 5. The molecule has 24 heteroatoms. The maximum absolute atomic E-state index is 14.3. The average molecular weight is 1400 g/mol. The minimum Gasteiger partial charge on any atom is -0.447 e. The van der Waals surface area contributed by atoms with E-state index in [1.165, 1.54) is 9.80 Å². The lowest BCUT2D eigenvalue weighted by molar-refractivity contribution is -0.144. The molecule has 0 radical (unpaired) electrons. The van der Waals surface area contributed by atoms with Gasteiger partial charge < -0.3 is 44.7 Å². The highest BCUT2D eigenvalue weighted by Gasteiger charge is 2.45. The summed E-state index contributed by atoms with van der Waals surface area (Å²) in [6, 6.07) is 35.7. The number of aliphatic hydroxyl groups excluding tert-OH is 1. The fourth-order valence-electron chi connectivity index (χ4n) is 12.8. The number of benzene rings is 5. The van der Waals surface area contributed by atoms with Gasteiger partial charge in [0, 0.05) is 98.8 Å². The van der Waals surface area contributed by atoms with Gasteiger partial charge in [0.15, 0.2) is 0 Å². The molecule has 4 N–H and O–H groups in total. The molecule has 4 aliphatic rings. The second-order valence-corrected chi connectivity index (χ2v) is 30.6. The number of rotatable bonds is 26. The maximum atomic E-state index is 14.3. The van der Waals surface area contributed by atoms with Crippen molar-refractivity contribution in [1.82, 2.24) is 39.9 Å². The lowest BCUT2D eigenvalue weighted by atomic mass is 9.85. The van der Waals surface area contributed by atoms with E-state index < -0.39 is 76.0 Å². The normalized spacial score (nSPS) is 18.3. The van der Waals surface area contributed by atoms with Gasteiger partial charge in [-0.3, -0.25) is 29.0 Å². The van der Waals surface area contributed by atoms with E-state index in [0.29, 0.717) is 63.2 Å². The molecule has 3 fully saturated rings. The number of thioether (sulfide) groups is 1. The minimum absolute atomic E-state index is 0.0378. The molecule has 0 saturated carbocycles. The zero-order valence-electron chi connectivity index (χ0n) is 56.2. The van der Waals surface area contributed by atoms with Crippen molar-refractivity contribution in [1.29, 1.82) is 0 Å². The Bertz CT molecular complexity index is 3820. The molecular formula is C73H90ClN9O11S3. The van der Waals surface area contributed by atoms with Crippen LogP contribution in [-0.2, 0) is 45.0 Å². The monoisotopic (exact) mass is 1400 g/mol. The Balaban J connectivity index is 0.672. The van der Waals surface area contributed by atoms with Crippen molar-refractivity contribution in [2.24, 2.45) is 11.3 Å². The molecule has 5 atom stereocenters. The molecule has 5 aromatic carbocycles. The summed E-state index contributed by atoms with van der Waals surface area (Å²) < 4.78 is 46.7. The molecule has 0 aliphatic carbocycles. The van der Waals surface area contributed by atoms with E-state index in [0.717, 1.165) is 107 Å². The zero-order valence-corrected chi connectivity index (χ0v) is 59.4. The molecule has 1 aromatic heterocycles. The Morgan fingerprint density at radius 3 is 2.23 bits per heavy atom. The summed E-state index contributed by atoms with van der Waals surface area (Å²) in [4.78, 5) is 85.5. The van der Waals surface area contributed by atoms with Crippen LogP contribution in [0.3, 0.4) is 0 Å². The van der Waals surface area contributed by atoms with Crippen LogP contribution in [-0.4, -0.2) is 197 Å². The Morgan fingerprint density at radius 1 is 0.835 bits per heavy atom. The molecule has 20 nitrogen and oxygen atoms in total. The number of hydrogen-bond donors (Lipinski definition) is 4. The van der Waals surface area contributed by atoms with Gasteiger partial charge >= 0.3 is 6.09 Å². The molecule has 5 amide bonds. The zero-order chi connectivity index (χ0) is 68.8. The van der Waals surface area contributed by atoms with E-state index in [1.807, 2.05) is 126 Å². The number of ether oxygens (including phenoxy) is 3. The molecule has 10 rings (SSSR count). The number of carbonyl (C=O) groups excluding carboxylic acids is 5. The van der Waals surface area contributed by atoms with Crippen molar-refractivity contribution >= 4 is 85.7 Å². The third-order valence-electron chi connectivity index (χ3n) is 18.5. The molecule has 4 aliphatic heterocycles. The predicted octanol–water partition coefficient (Wildman–Crippen LogP) is 9.68. The Kier molecular flexibility index (Phi) is 25.1. The summed E-state index contributed by atoms with van der Waals surface area (Å²) >= 11 is 9.72. The number of sulfonamides is 1. The molecule has 97 heavy (non-hydrogen) atoms. The van der Waals surface area contributed by atoms with E-state index in [2.05, 4.69) is 59.3 Å². The smallest absolute Gasteiger partial charge is 0.410 e. The van der Waals surface area contributed by atoms with E-state index in [1.54, 1.807) is 46.0 Å². The topological polar surface area (TPSA) is 233 Å². The quantitative estimate of drug-likeness (QED) is 0.0292. The lowest BCUT2D eigenvalue weighted by Crippen LogP contribution is -2.58.